The third-order valence-electron chi connectivity index (χ3n) is 7.86. The summed E-state index contributed by atoms with van der Waals surface area (Å²) in [6.45, 7) is 3.11. The number of rotatable bonds is 2. The van der Waals surface area contributed by atoms with E-state index < -0.39 is 34.9 Å². The Morgan fingerprint density at radius 1 is 1.37 bits per heavy atom. The van der Waals surface area contributed by atoms with Crippen LogP contribution in [0.2, 0.25) is 0 Å². The van der Waals surface area contributed by atoms with Crippen LogP contribution in [0.4, 0.5) is 0 Å². The zero-order chi connectivity index (χ0) is 19.8. The van der Waals surface area contributed by atoms with E-state index in [1.54, 1.807) is 0 Å². The van der Waals surface area contributed by atoms with E-state index in [0.717, 1.165) is 5.57 Å². The van der Waals surface area contributed by atoms with E-state index in [1.165, 1.54) is 12.2 Å². The van der Waals surface area contributed by atoms with Crippen molar-refractivity contribution in [2.45, 2.75) is 44.8 Å². The topological polar surface area (TPSA) is 94.8 Å². The maximum Gasteiger partial charge on any atom is 0.190 e. The number of fused-ring (bicyclic) bond motifs is 5. The number of carbonyl (C=O) groups excluding carboxylic acids is 2. The largest absolute Gasteiger partial charge is 0.393 e. The van der Waals surface area contributed by atoms with Gasteiger partial charge in [-0.25, -0.2) is 0 Å². The lowest BCUT2D eigenvalue weighted by Crippen LogP contribution is -2.61. The number of hydrogen-bond acceptors (Lipinski definition) is 5. The van der Waals surface area contributed by atoms with Gasteiger partial charge in [-0.05, 0) is 48.8 Å². The third-order valence-corrected chi connectivity index (χ3v) is 8.19. The molecule has 0 aromatic carbocycles. The first-order valence-electron chi connectivity index (χ1n) is 9.46. The van der Waals surface area contributed by atoms with Gasteiger partial charge >= 0.3 is 0 Å². The molecule has 0 unspecified atom stereocenters. The summed E-state index contributed by atoms with van der Waals surface area (Å²) in [6.07, 6.45) is 7.16. The first kappa shape index (κ1) is 19.1. The molecule has 0 amide bonds. The van der Waals surface area contributed by atoms with Gasteiger partial charge in [0.05, 0.1) is 6.10 Å². The Hall–Kier alpha value is -1.27. The summed E-state index contributed by atoms with van der Waals surface area (Å²) in [5.41, 5.74) is -2.34. The van der Waals surface area contributed by atoms with Crippen molar-refractivity contribution in [3.05, 3.63) is 34.9 Å². The summed E-state index contributed by atoms with van der Waals surface area (Å²) in [7, 11) is 0. The fraction of sp³-hybridized carbons (Fsp3) is 0.619. The fourth-order valence-corrected chi connectivity index (χ4v) is 6.86. The molecule has 0 aromatic heterocycles. The molecule has 0 spiro atoms. The van der Waals surface area contributed by atoms with Crippen LogP contribution in [0.5, 0.6) is 0 Å². The number of aliphatic hydroxyl groups excluding tert-OH is 2. The Kier molecular flexibility index (Phi) is 4.14. The Labute approximate surface area is 163 Å². The molecule has 0 aliphatic heterocycles. The normalized spacial score (nSPS) is 48.3. The molecule has 27 heavy (non-hydrogen) atoms. The minimum atomic E-state index is -1.64. The van der Waals surface area contributed by atoms with E-state index in [2.05, 4.69) is 0 Å². The summed E-state index contributed by atoms with van der Waals surface area (Å²) >= 11 is 6.57. The number of hydrogen-bond donors (Lipinski definition) is 3. The van der Waals surface area contributed by atoms with Gasteiger partial charge in [0.25, 0.3) is 0 Å². The lowest BCUT2D eigenvalue weighted by molar-refractivity contribution is -0.172. The average Bonchev–Trinajstić information content (AvgIpc) is 2.87. The zero-order valence-corrected chi connectivity index (χ0v) is 16.2. The Morgan fingerprint density at radius 3 is 2.74 bits per heavy atom. The zero-order valence-electron chi connectivity index (χ0n) is 15.5. The molecule has 3 N–H and O–H groups in total. The van der Waals surface area contributed by atoms with Crippen LogP contribution in [0.1, 0.15) is 33.1 Å². The molecule has 0 heterocycles. The summed E-state index contributed by atoms with van der Waals surface area (Å²) in [6, 6.07) is 0. The van der Waals surface area contributed by atoms with Crippen LogP contribution >= 0.6 is 11.6 Å². The third kappa shape index (κ3) is 2.29. The Morgan fingerprint density at radius 2 is 2.07 bits per heavy atom. The van der Waals surface area contributed by atoms with Gasteiger partial charge in [0.15, 0.2) is 11.6 Å². The molecular weight excluding hydrogens is 368 g/mol. The Bertz CT molecular complexity index is 813. The number of allylic oxidation sites excluding steroid dienone is 6. The maximum atomic E-state index is 12.4. The van der Waals surface area contributed by atoms with Gasteiger partial charge in [0.1, 0.15) is 12.2 Å². The number of aliphatic hydroxyl groups is 3. The van der Waals surface area contributed by atoms with Crippen molar-refractivity contribution in [2.24, 2.45) is 28.6 Å². The lowest BCUT2D eigenvalue weighted by Gasteiger charge is -2.58. The summed E-state index contributed by atoms with van der Waals surface area (Å²) in [5, 5.41) is 32.2. The molecule has 5 nitrogen and oxygen atoms in total. The van der Waals surface area contributed by atoms with Crippen molar-refractivity contribution in [1.29, 1.82) is 0 Å². The van der Waals surface area contributed by atoms with Crippen LogP contribution in [0.25, 0.3) is 0 Å². The molecule has 6 heteroatoms. The lowest BCUT2D eigenvalue weighted by atomic mass is 9.48. The Balaban J connectivity index is 1.84. The summed E-state index contributed by atoms with van der Waals surface area (Å²) < 4.78 is 0. The van der Waals surface area contributed by atoms with Crippen LogP contribution in [0, 0.1) is 28.6 Å². The minimum Gasteiger partial charge on any atom is -0.393 e. The molecule has 146 valence electrons. The smallest absolute Gasteiger partial charge is 0.190 e. The second kappa shape index (κ2) is 5.86. The van der Waals surface area contributed by atoms with Crippen molar-refractivity contribution >= 4 is 23.2 Å². The standard InChI is InChI=1S/C21H25ClO5/c1-19-5-3-11(24)7-14(19)15(22)8-12-13-4-6-21(27,17(26)10-23)20(13,2)9-16(25)18(12)19/h3,5,7-8,12-13,16,18,23,25,27H,4,6,9-10H2,1-2H3/t12-,13-,16+,18+,19+,20-,21-/m1/s1. The molecule has 0 aromatic rings. The van der Waals surface area contributed by atoms with Gasteiger partial charge in [0.2, 0.25) is 0 Å². The summed E-state index contributed by atoms with van der Waals surface area (Å²) in [4.78, 5) is 24.2. The van der Waals surface area contributed by atoms with Gasteiger partial charge < -0.3 is 15.3 Å². The van der Waals surface area contributed by atoms with E-state index in [-0.39, 0.29) is 36.4 Å². The highest BCUT2D eigenvalue weighted by atomic mass is 35.5. The quantitative estimate of drug-likeness (QED) is 0.667. The molecule has 2 fully saturated rings. The van der Waals surface area contributed by atoms with E-state index >= 15 is 0 Å². The van der Waals surface area contributed by atoms with Gasteiger partial charge in [-0.2, -0.15) is 0 Å². The van der Waals surface area contributed by atoms with Crippen molar-refractivity contribution < 1.29 is 24.9 Å². The van der Waals surface area contributed by atoms with E-state index in [0.29, 0.717) is 11.5 Å². The highest BCUT2D eigenvalue weighted by molar-refractivity contribution is 6.32. The van der Waals surface area contributed by atoms with Crippen LogP contribution in [0.15, 0.2) is 34.9 Å². The van der Waals surface area contributed by atoms with Crippen molar-refractivity contribution in [2.75, 3.05) is 6.61 Å². The van der Waals surface area contributed by atoms with E-state index in [4.69, 9.17) is 11.6 Å². The van der Waals surface area contributed by atoms with Crippen molar-refractivity contribution in [3.8, 4) is 0 Å². The predicted octanol–water partition coefficient (Wildman–Crippen LogP) is 1.90. The minimum absolute atomic E-state index is 0.0513. The van der Waals surface area contributed by atoms with Crippen LogP contribution in [0.3, 0.4) is 0 Å². The predicted molar refractivity (Wildman–Crippen MR) is 99.8 cm³/mol. The molecule has 4 aliphatic carbocycles. The fourth-order valence-electron chi connectivity index (χ4n) is 6.46. The van der Waals surface area contributed by atoms with Crippen LogP contribution < -0.4 is 0 Å². The summed E-state index contributed by atoms with van der Waals surface area (Å²) in [5.74, 6) is -1.08. The van der Waals surface area contributed by atoms with Gasteiger partial charge in [-0.3, -0.25) is 9.59 Å². The molecular formula is C21H25ClO5. The van der Waals surface area contributed by atoms with Gasteiger partial charge in [-0.1, -0.05) is 37.6 Å². The maximum absolute atomic E-state index is 12.4. The number of Topliss-reactive ketones (excluding diaryl/α,β-unsaturated/α-hetero) is 1. The van der Waals surface area contributed by atoms with Crippen LogP contribution in [-0.4, -0.2) is 45.2 Å². The molecule has 0 radical (unpaired) electrons. The van der Waals surface area contributed by atoms with Gasteiger partial charge in [-0.15, -0.1) is 0 Å². The highest BCUT2D eigenvalue weighted by Crippen LogP contribution is 2.66. The monoisotopic (exact) mass is 392 g/mol. The molecule has 0 bridgehead atoms. The number of ketones is 2. The van der Waals surface area contributed by atoms with E-state index in [9.17, 15) is 24.9 Å². The van der Waals surface area contributed by atoms with Crippen molar-refractivity contribution in [3.63, 3.8) is 0 Å². The van der Waals surface area contributed by atoms with Gasteiger partial charge in [0, 0.05) is 21.8 Å². The van der Waals surface area contributed by atoms with Crippen LogP contribution in [-0.2, 0) is 9.59 Å². The molecule has 2 saturated carbocycles. The molecule has 4 rings (SSSR count). The second-order valence-electron chi connectivity index (χ2n) is 8.97. The molecule has 4 aliphatic rings. The number of halogens is 1. The van der Waals surface area contributed by atoms with Crippen molar-refractivity contribution in [1.82, 2.24) is 0 Å². The SMILES string of the molecule is C[C@]12C=CC(=O)C=C1C(Cl)=C[C@H]1[C@H]2[C@@H](O)C[C@]2(C)[C@@H]1CC[C@@]2(O)C(=O)CO. The first-order chi connectivity index (χ1) is 12.6. The number of carbonyl (C=O) groups is 2. The highest BCUT2D eigenvalue weighted by Gasteiger charge is 2.67. The van der Waals surface area contributed by atoms with E-state index in [1.807, 2.05) is 26.0 Å². The molecule has 7 atom stereocenters. The first-order valence-corrected chi connectivity index (χ1v) is 9.84. The average molecular weight is 393 g/mol. The second-order valence-corrected chi connectivity index (χ2v) is 9.38. The molecule has 0 saturated heterocycles.